The molecule has 0 aliphatic carbocycles. The number of hydrogen-bond donors (Lipinski definition) is 2. The van der Waals surface area contributed by atoms with Crippen LogP contribution in [0.5, 0.6) is 0 Å². The zero-order chi connectivity index (χ0) is 22.5. The van der Waals surface area contributed by atoms with Crippen LogP contribution in [0, 0.1) is 6.92 Å². The second-order valence-corrected chi connectivity index (χ2v) is 8.24. The van der Waals surface area contributed by atoms with Crippen molar-refractivity contribution in [3.05, 3.63) is 88.1 Å². The second-order valence-electron chi connectivity index (χ2n) is 7.03. The number of halogens is 2. The fourth-order valence-corrected chi connectivity index (χ4v) is 3.36. The summed E-state index contributed by atoms with van der Waals surface area (Å²) in [5, 5.41) is 6.28. The van der Waals surface area contributed by atoms with Gasteiger partial charge in [-0.1, -0.05) is 35.9 Å². The van der Waals surface area contributed by atoms with E-state index in [4.69, 9.17) is 11.6 Å². The van der Waals surface area contributed by atoms with Crippen LogP contribution in [0.3, 0.4) is 0 Å². The number of carbonyl (C=O) groups is 1. The van der Waals surface area contributed by atoms with Gasteiger partial charge >= 0.3 is 0 Å². The average Bonchev–Trinajstić information content (AvgIpc) is 2.79. The number of anilines is 3. The third-order valence-corrected chi connectivity index (χ3v) is 5.69. The van der Waals surface area contributed by atoms with Crippen molar-refractivity contribution in [2.75, 3.05) is 10.6 Å². The van der Waals surface area contributed by atoms with Gasteiger partial charge in [-0.15, -0.1) is 0 Å². The molecule has 4 aromatic rings. The Kier molecular flexibility index (Phi) is 6.72. The van der Waals surface area contributed by atoms with Crippen LogP contribution in [-0.4, -0.2) is 25.8 Å². The minimum absolute atomic E-state index is 0.141. The number of nitrogens with one attached hydrogen (secondary N) is 2. The minimum atomic E-state index is -0.141. The van der Waals surface area contributed by atoms with Gasteiger partial charge in [0.25, 0.3) is 0 Å². The summed E-state index contributed by atoms with van der Waals surface area (Å²) in [6, 6.07) is 13.3. The molecule has 2 N–H and O–H groups in total. The third kappa shape index (κ3) is 5.66. The minimum Gasteiger partial charge on any atom is -0.324 e. The Labute approximate surface area is 198 Å². The fourth-order valence-electron chi connectivity index (χ4n) is 2.91. The smallest absolute Gasteiger partial charge is 0.228 e. The van der Waals surface area contributed by atoms with Gasteiger partial charge in [0.05, 0.1) is 34.7 Å². The molecule has 0 saturated carbocycles. The van der Waals surface area contributed by atoms with Gasteiger partial charge in [-0.25, -0.2) is 15.0 Å². The number of pyridine rings is 2. The van der Waals surface area contributed by atoms with Crippen molar-refractivity contribution in [1.29, 1.82) is 0 Å². The summed E-state index contributed by atoms with van der Waals surface area (Å²) in [4.78, 5) is 29.3. The number of hydrogen-bond acceptors (Lipinski definition) is 6. The summed E-state index contributed by atoms with van der Waals surface area (Å²) in [5.41, 5.74) is 5.08. The zero-order valence-electron chi connectivity index (χ0n) is 17.0. The van der Waals surface area contributed by atoms with E-state index in [1.807, 2.05) is 43.3 Å². The molecule has 0 unspecified atom stereocenters. The Hall–Kier alpha value is -3.36. The van der Waals surface area contributed by atoms with Crippen molar-refractivity contribution in [2.45, 2.75) is 13.3 Å². The van der Waals surface area contributed by atoms with Crippen LogP contribution in [0.2, 0.25) is 5.15 Å². The van der Waals surface area contributed by atoms with Crippen molar-refractivity contribution in [2.24, 2.45) is 0 Å². The average molecular weight is 510 g/mol. The van der Waals surface area contributed by atoms with E-state index in [-0.39, 0.29) is 12.3 Å². The predicted molar refractivity (Wildman–Crippen MR) is 129 cm³/mol. The van der Waals surface area contributed by atoms with Crippen LogP contribution in [0.1, 0.15) is 11.3 Å². The summed E-state index contributed by atoms with van der Waals surface area (Å²) in [6.07, 6.45) is 7.00. The molecule has 0 fully saturated rings. The molecule has 1 aromatic carbocycles. The molecule has 0 radical (unpaired) electrons. The molecule has 0 bridgehead atoms. The third-order valence-electron chi connectivity index (χ3n) is 4.55. The molecule has 160 valence electrons. The maximum absolute atomic E-state index is 12.3. The lowest BCUT2D eigenvalue weighted by Gasteiger charge is -2.08. The first-order chi connectivity index (χ1) is 15.5. The molecule has 0 aliphatic heterocycles. The Morgan fingerprint density at radius 1 is 0.906 bits per heavy atom. The van der Waals surface area contributed by atoms with Gasteiger partial charge in [0, 0.05) is 23.7 Å². The molecule has 3 aromatic heterocycles. The van der Waals surface area contributed by atoms with E-state index < -0.39 is 0 Å². The first-order valence-corrected chi connectivity index (χ1v) is 10.9. The van der Waals surface area contributed by atoms with Crippen molar-refractivity contribution in [3.63, 3.8) is 0 Å². The van der Waals surface area contributed by atoms with E-state index in [0.717, 1.165) is 28.1 Å². The van der Waals surface area contributed by atoms with Crippen molar-refractivity contribution in [3.8, 4) is 11.1 Å². The summed E-state index contributed by atoms with van der Waals surface area (Å²) in [6.45, 7) is 1.93. The van der Waals surface area contributed by atoms with Crippen LogP contribution in [0.25, 0.3) is 11.1 Å². The fraction of sp³-hybridized carbons (Fsp3) is 0.0870. The Morgan fingerprint density at radius 2 is 1.62 bits per heavy atom. The summed E-state index contributed by atoms with van der Waals surface area (Å²) in [5.74, 6) is 0.356. The van der Waals surface area contributed by atoms with E-state index in [0.29, 0.717) is 21.3 Å². The molecule has 0 aliphatic rings. The largest absolute Gasteiger partial charge is 0.324 e. The van der Waals surface area contributed by atoms with E-state index in [2.05, 4.69) is 46.5 Å². The molecule has 0 atom stereocenters. The highest BCUT2D eigenvalue weighted by Gasteiger charge is 2.08. The number of rotatable bonds is 6. The van der Waals surface area contributed by atoms with Gasteiger partial charge in [-0.05, 0) is 52.2 Å². The topological polar surface area (TPSA) is 92.7 Å². The van der Waals surface area contributed by atoms with Gasteiger partial charge in [-0.3, -0.25) is 9.78 Å². The van der Waals surface area contributed by atoms with E-state index in [1.54, 1.807) is 24.7 Å². The van der Waals surface area contributed by atoms with Gasteiger partial charge < -0.3 is 10.6 Å². The second kappa shape index (κ2) is 9.84. The van der Waals surface area contributed by atoms with Gasteiger partial charge in [0.2, 0.25) is 11.9 Å². The number of amides is 1. The van der Waals surface area contributed by atoms with Gasteiger partial charge in [0.15, 0.2) is 0 Å². The number of aromatic nitrogens is 4. The molecular weight excluding hydrogens is 492 g/mol. The maximum atomic E-state index is 12.3. The standard InChI is InChI=1S/C23H18BrClN6O/c1-14-2-7-18(12-26-14)31-23-28-10-17(11-29-23)16-5-3-15(4-6-16)8-21(32)30-19-9-20(24)22(25)27-13-19/h2-7,9-13H,8H2,1H3,(H,30,32)(H,28,29,31). The molecule has 32 heavy (non-hydrogen) atoms. The quantitative estimate of drug-likeness (QED) is 0.330. The normalized spacial score (nSPS) is 10.6. The Balaban J connectivity index is 1.36. The highest BCUT2D eigenvalue weighted by atomic mass is 79.9. The van der Waals surface area contributed by atoms with Crippen molar-refractivity contribution < 1.29 is 4.79 Å². The first kappa shape index (κ1) is 21.9. The van der Waals surface area contributed by atoms with Crippen LogP contribution >= 0.6 is 27.5 Å². The monoisotopic (exact) mass is 508 g/mol. The van der Waals surface area contributed by atoms with Crippen LogP contribution < -0.4 is 10.6 Å². The van der Waals surface area contributed by atoms with E-state index in [9.17, 15) is 4.79 Å². The van der Waals surface area contributed by atoms with E-state index >= 15 is 0 Å². The van der Waals surface area contributed by atoms with E-state index in [1.165, 1.54) is 6.20 Å². The number of benzene rings is 1. The van der Waals surface area contributed by atoms with Crippen LogP contribution in [0.15, 0.2) is 71.7 Å². The highest BCUT2D eigenvalue weighted by molar-refractivity contribution is 9.10. The molecule has 0 spiro atoms. The number of aryl methyl sites for hydroxylation is 1. The van der Waals surface area contributed by atoms with Crippen molar-refractivity contribution in [1.82, 2.24) is 19.9 Å². The Bertz CT molecular complexity index is 1230. The first-order valence-electron chi connectivity index (χ1n) is 9.68. The summed E-state index contributed by atoms with van der Waals surface area (Å²) < 4.78 is 0.625. The van der Waals surface area contributed by atoms with Crippen molar-refractivity contribution >= 4 is 50.8 Å². The molecule has 9 heteroatoms. The molecule has 7 nitrogen and oxygen atoms in total. The lowest BCUT2D eigenvalue weighted by Crippen LogP contribution is -2.14. The lowest BCUT2D eigenvalue weighted by molar-refractivity contribution is -0.115. The number of nitrogens with zero attached hydrogens (tertiary/aromatic N) is 4. The molecule has 1 amide bonds. The lowest BCUT2D eigenvalue weighted by atomic mass is 10.1. The zero-order valence-corrected chi connectivity index (χ0v) is 19.4. The van der Waals surface area contributed by atoms with Gasteiger partial charge in [-0.2, -0.15) is 0 Å². The van der Waals surface area contributed by atoms with Crippen LogP contribution in [0.4, 0.5) is 17.3 Å². The summed E-state index contributed by atoms with van der Waals surface area (Å²) in [7, 11) is 0. The van der Waals surface area contributed by atoms with Gasteiger partial charge in [0.1, 0.15) is 5.15 Å². The van der Waals surface area contributed by atoms with Crippen LogP contribution in [-0.2, 0) is 11.2 Å². The summed E-state index contributed by atoms with van der Waals surface area (Å²) >= 11 is 9.17. The maximum Gasteiger partial charge on any atom is 0.228 e. The number of carbonyl (C=O) groups excluding carboxylic acids is 1. The molecular formula is C23H18BrClN6O. The molecule has 0 saturated heterocycles. The SMILES string of the molecule is Cc1ccc(Nc2ncc(-c3ccc(CC(=O)Nc4cnc(Cl)c(Br)c4)cc3)cn2)cn1. The molecule has 3 heterocycles. The molecule has 4 rings (SSSR count). The highest BCUT2D eigenvalue weighted by Crippen LogP contribution is 2.23. The Morgan fingerprint density at radius 3 is 2.28 bits per heavy atom. The predicted octanol–water partition coefficient (Wildman–Crippen LogP) is 5.58.